The molecule has 1 amide bonds. The number of amides is 1. The Morgan fingerprint density at radius 2 is 1.95 bits per heavy atom. The molecular formula is C18H17N3O. The topological polar surface area (TPSA) is 60.0 Å². The molecule has 0 saturated heterocycles. The van der Waals surface area contributed by atoms with Crippen molar-refractivity contribution in [2.45, 2.75) is 13.1 Å². The first-order valence-corrected chi connectivity index (χ1v) is 7.48. The lowest BCUT2D eigenvalue weighted by Gasteiger charge is -2.09. The number of aromatic nitrogens is 1. The normalized spacial score (nSPS) is 14.0. The van der Waals surface area contributed by atoms with Crippen LogP contribution in [0.5, 0.6) is 0 Å². The fraction of sp³-hybridized carbons (Fsp3) is 0.167. The molecule has 1 aromatic heterocycles. The third-order valence-corrected chi connectivity index (χ3v) is 4.27. The number of para-hydroxylation sites is 1. The zero-order valence-electron chi connectivity index (χ0n) is 12.2. The number of carbonyl (C=O) groups excluding carboxylic acids is 1. The van der Waals surface area contributed by atoms with Gasteiger partial charge in [-0.1, -0.05) is 36.4 Å². The van der Waals surface area contributed by atoms with Crippen molar-refractivity contribution in [3.05, 3.63) is 59.7 Å². The van der Waals surface area contributed by atoms with Crippen molar-refractivity contribution in [2.24, 2.45) is 5.73 Å². The average Bonchev–Trinajstić information content (AvgIpc) is 2.84. The maximum atomic E-state index is 12.2. The molecule has 1 aliphatic rings. The Morgan fingerprint density at radius 1 is 1.14 bits per heavy atom. The van der Waals surface area contributed by atoms with Crippen LogP contribution in [-0.2, 0) is 13.1 Å². The molecule has 3 N–H and O–H groups in total. The van der Waals surface area contributed by atoms with E-state index in [2.05, 4.69) is 46.3 Å². The monoisotopic (exact) mass is 291 g/mol. The number of rotatable bonds is 2. The molecule has 0 spiro atoms. The SMILES string of the molecule is NCc1ccc(-c2cc3cccc4c3n2CCNC4=O)cc1. The lowest BCUT2D eigenvalue weighted by Crippen LogP contribution is -2.24. The average molecular weight is 291 g/mol. The quantitative estimate of drug-likeness (QED) is 0.762. The second-order valence-electron chi connectivity index (χ2n) is 5.58. The summed E-state index contributed by atoms with van der Waals surface area (Å²) in [7, 11) is 0. The predicted octanol–water partition coefficient (Wildman–Crippen LogP) is 2.51. The van der Waals surface area contributed by atoms with Gasteiger partial charge in [0.15, 0.2) is 0 Å². The zero-order chi connectivity index (χ0) is 15.1. The molecule has 110 valence electrons. The smallest absolute Gasteiger partial charge is 0.253 e. The van der Waals surface area contributed by atoms with Gasteiger partial charge < -0.3 is 15.6 Å². The standard InChI is InChI=1S/C18H17N3O/c19-11-12-4-6-13(7-5-12)16-10-14-2-1-3-15-17(14)21(16)9-8-20-18(15)22/h1-7,10H,8-9,11,19H2,(H,20,22). The van der Waals surface area contributed by atoms with Crippen LogP contribution in [0.15, 0.2) is 48.5 Å². The fourth-order valence-electron chi connectivity index (χ4n) is 3.17. The summed E-state index contributed by atoms with van der Waals surface area (Å²) in [6, 6.07) is 16.4. The predicted molar refractivity (Wildman–Crippen MR) is 87.6 cm³/mol. The first kappa shape index (κ1) is 13.1. The lowest BCUT2D eigenvalue weighted by molar-refractivity contribution is 0.0956. The summed E-state index contributed by atoms with van der Waals surface area (Å²) < 4.78 is 2.24. The number of benzene rings is 2. The highest BCUT2D eigenvalue weighted by molar-refractivity contribution is 6.07. The molecule has 3 aromatic rings. The molecule has 0 unspecified atom stereocenters. The highest BCUT2D eigenvalue weighted by atomic mass is 16.1. The van der Waals surface area contributed by atoms with Gasteiger partial charge in [-0.2, -0.15) is 0 Å². The van der Waals surface area contributed by atoms with Gasteiger partial charge in [-0.3, -0.25) is 4.79 Å². The van der Waals surface area contributed by atoms with Crippen LogP contribution in [0.25, 0.3) is 22.2 Å². The molecule has 4 rings (SSSR count). The number of hydrogen-bond donors (Lipinski definition) is 2. The van der Waals surface area contributed by atoms with Crippen LogP contribution in [0, 0.1) is 0 Å². The van der Waals surface area contributed by atoms with Crippen LogP contribution < -0.4 is 11.1 Å². The molecule has 0 saturated carbocycles. The fourth-order valence-corrected chi connectivity index (χ4v) is 3.17. The summed E-state index contributed by atoms with van der Waals surface area (Å²) in [5.74, 6) is 0.00693. The third-order valence-electron chi connectivity index (χ3n) is 4.27. The van der Waals surface area contributed by atoms with Crippen LogP contribution in [0.2, 0.25) is 0 Å². The lowest BCUT2D eigenvalue weighted by atomic mass is 10.1. The van der Waals surface area contributed by atoms with E-state index in [1.807, 2.05) is 12.1 Å². The van der Waals surface area contributed by atoms with Gasteiger partial charge in [-0.15, -0.1) is 0 Å². The first-order chi connectivity index (χ1) is 10.8. The number of carbonyl (C=O) groups is 1. The van der Waals surface area contributed by atoms with E-state index in [-0.39, 0.29) is 5.91 Å². The van der Waals surface area contributed by atoms with Crippen LogP contribution in [0.1, 0.15) is 15.9 Å². The zero-order valence-corrected chi connectivity index (χ0v) is 12.2. The minimum atomic E-state index is 0.00693. The molecule has 4 nitrogen and oxygen atoms in total. The Balaban J connectivity index is 1.96. The Bertz CT molecular complexity index is 862. The second-order valence-corrected chi connectivity index (χ2v) is 5.58. The molecule has 22 heavy (non-hydrogen) atoms. The Labute approximate surface area is 128 Å². The van der Waals surface area contributed by atoms with Gasteiger partial charge in [-0.05, 0) is 23.3 Å². The molecular weight excluding hydrogens is 274 g/mol. The number of nitrogens with zero attached hydrogens (tertiary/aromatic N) is 1. The van der Waals surface area contributed by atoms with Crippen LogP contribution in [0.3, 0.4) is 0 Å². The van der Waals surface area contributed by atoms with Crippen LogP contribution >= 0.6 is 0 Å². The summed E-state index contributed by atoms with van der Waals surface area (Å²) in [6.07, 6.45) is 0. The Hall–Kier alpha value is -2.59. The maximum absolute atomic E-state index is 12.2. The maximum Gasteiger partial charge on any atom is 0.253 e. The van der Waals surface area contributed by atoms with Gasteiger partial charge >= 0.3 is 0 Å². The van der Waals surface area contributed by atoms with Crippen molar-refractivity contribution in [2.75, 3.05) is 6.54 Å². The van der Waals surface area contributed by atoms with Gasteiger partial charge in [0.25, 0.3) is 5.91 Å². The van der Waals surface area contributed by atoms with E-state index in [9.17, 15) is 4.79 Å². The second kappa shape index (κ2) is 5.00. The van der Waals surface area contributed by atoms with Crippen LogP contribution in [-0.4, -0.2) is 17.0 Å². The van der Waals surface area contributed by atoms with Crippen molar-refractivity contribution in [3.8, 4) is 11.3 Å². The molecule has 0 radical (unpaired) electrons. The highest BCUT2D eigenvalue weighted by Crippen LogP contribution is 2.31. The van der Waals surface area contributed by atoms with Crippen molar-refractivity contribution < 1.29 is 4.79 Å². The Kier molecular flexibility index (Phi) is 2.98. The van der Waals surface area contributed by atoms with E-state index in [0.717, 1.165) is 39.8 Å². The molecule has 0 atom stereocenters. The number of nitrogens with one attached hydrogen (secondary N) is 1. The molecule has 2 heterocycles. The van der Waals surface area contributed by atoms with Crippen molar-refractivity contribution in [3.63, 3.8) is 0 Å². The van der Waals surface area contributed by atoms with Gasteiger partial charge in [0.05, 0.1) is 11.1 Å². The van der Waals surface area contributed by atoms with E-state index in [4.69, 9.17) is 5.73 Å². The van der Waals surface area contributed by atoms with E-state index in [1.165, 1.54) is 0 Å². The minimum absolute atomic E-state index is 0.00693. The van der Waals surface area contributed by atoms with Gasteiger partial charge in [0.2, 0.25) is 0 Å². The summed E-state index contributed by atoms with van der Waals surface area (Å²) in [4.78, 5) is 12.2. The van der Waals surface area contributed by atoms with Gasteiger partial charge in [0.1, 0.15) is 0 Å². The van der Waals surface area contributed by atoms with E-state index in [0.29, 0.717) is 13.1 Å². The summed E-state index contributed by atoms with van der Waals surface area (Å²) in [5, 5.41) is 4.06. The largest absolute Gasteiger partial charge is 0.350 e. The molecule has 1 aliphatic heterocycles. The Morgan fingerprint density at radius 3 is 2.73 bits per heavy atom. The number of hydrogen-bond acceptors (Lipinski definition) is 2. The molecule has 0 aliphatic carbocycles. The van der Waals surface area contributed by atoms with Crippen LogP contribution in [0.4, 0.5) is 0 Å². The van der Waals surface area contributed by atoms with E-state index >= 15 is 0 Å². The van der Waals surface area contributed by atoms with Crippen molar-refractivity contribution in [1.82, 2.24) is 9.88 Å². The molecule has 0 bridgehead atoms. The highest BCUT2D eigenvalue weighted by Gasteiger charge is 2.20. The molecule has 0 fully saturated rings. The summed E-state index contributed by atoms with van der Waals surface area (Å²) in [5.41, 5.74) is 10.9. The van der Waals surface area contributed by atoms with Gasteiger partial charge in [0, 0.05) is 30.7 Å². The van der Waals surface area contributed by atoms with Crippen molar-refractivity contribution in [1.29, 1.82) is 0 Å². The van der Waals surface area contributed by atoms with Crippen molar-refractivity contribution >= 4 is 16.8 Å². The third kappa shape index (κ3) is 1.92. The molecule has 4 heteroatoms. The molecule has 2 aromatic carbocycles. The minimum Gasteiger partial charge on any atom is -0.350 e. The van der Waals surface area contributed by atoms with Gasteiger partial charge in [-0.25, -0.2) is 0 Å². The van der Waals surface area contributed by atoms with E-state index < -0.39 is 0 Å². The number of nitrogens with two attached hydrogens (primary N) is 1. The first-order valence-electron chi connectivity index (χ1n) is 7.48. The van der Waals surface area contributed by atoms with E-state index in [1.54, 1.807) is 0 Å². The summed E-state index contributed by atoms with van der Waals surface area (Å²) >= 11 is 0. The summed E-state index contributed by atoms with van der Waals surface area (Å²) in [6.45, 7) is 1.97.